The smallest absolute Gasteiger partial charge is 0.145 e. The molecule has 0 saturated carbocycles. The van der Waals surface area contributed by atoms with E-state index in [2.05, 4.69) is 51.0 Å². The summed E-state index contributed by atoms with van der Waals surface area (Å²) in [5.74, 6) is 0. The van der Waals surface area contributed by atoms with Crippen molar-refractivity contribution in [3.8, 4) is 6.07 Å². The summed E-state index contributed by atoms with van der Waals surface area (Å²) < 4.78 is 0. The molecular weight excluding hydrogens is 246 g/mol. The molecule has 110 valence electrons. The molecule has 0 aliphatic carbocycles. The Morgan fingerprint density at radius 2 is 1.85 bits per heavy atom. The lowest BCUT2D eigenvalue weighted by molar-refractivity contribution is 0.190. The molecule has 0 radical (unpaired) electrons. The number of benzene rings is 1. The molecule has 0 spiro atoms. The summed E-state index contributed by atoms with van der Waals surface area (Å²) in [4.78, 5) is 2.26. The predicted molar refractivity (Wildman–Crippen MR) is 84.4 cm³/mol. The van der Waals surface area contributed by atoms with E-state index < -0.39 is 5.54 Å². The molecule has 1 aromatic rings. The molecule has 2 atom stereocenters. The fourth-order valence-electron chi connectivity index (χ4n) is 2.41. The van der Waals surface area contributed by atoms with Crippen molar-refractivity contribution in [2.24, 2.45) is 0 Å². The third-order valence-electron chi connectivity index (χ3n) is 3.82. The highest BCUT2D eigenvalue weighted by Gasteiger charge is 2.34. The molecule has 0 aliphatic heterocycles. The zero-order chi connectivity index (χ0) is 15.2. The van der Waals surface area contributed by atoms with Gasteiger partial charge in [0.2, 0.25) is 0 Å². The van der Waals surface area contributed by atoms with Crippen LogP contribution >= 0.6 is 0 Å². The van der Waals surface area contributed by atoms with Crippen LogP contribution in [0, 0.1) is 11.3 Å². The van der Waals surface area contributed by atoms with Gasteiger partial charge in [-0.15, -0.1) is 0 Å². The predicted octanol–water partition coefficient (Wildman–Crippen LogP) is 3.13. The molecule has 1 N–H and O–H groups in total. The Bertz CT molecular complexity index is 435. The van der Waals surface area contributed by atoms with Crippen LogP contribution < -0.4 is 5.32 Å². The average Bonchev–Trinajstić information content (AvgIpc) is 2.45. The van der Waals surface area contributed by atoms with Crippen LogP contribution in [0.2, 0.25) is 0 Å². The van der Waals surface area contributed by atoms with E-state index in [1.165, 1.54) is 0 Å². The lowest BCUT2D eigenvalue weighted by atomic mass is 9.89. The van der Waals surface area contributed by atoms with Gasteiger partial charge >= 0.3 is 0 Å². The first-order chi connectivity index (χ1) is 9.45. The van der Waals surface area contributed by atoms with Crippen LogP contribution in [0.4, 0.5) is 0 Å². The summed E-state index contributed by atoms with van der Waals surface area (Å²) in [7, 11) is 2.09. The van der Waals surface area contributed by atoms with Gasteiger partial charge in [0.05, 0.1) is 6.07 Å². The molecule has 1 rings (SSSR count). The number of nitrogens with zero attached hydrogens (tertiary/aromatic N) is 2. The standard InChI is InChI=1S/C17H27N3/c1-6-15(4)20(5)13-17(12-18,19-14(2)3)16-10-8-7-9-11-16/h7-11,14-15,19H,6,13H2,1-5H3. The summed E-state index contributed by atoms with van der Waals surface area (Å²) in [6.45, 7) is 9.22. The van der Waals surface area contributed by atoms with E-state index in [0.29, 0.717) is 12.6 Å². The van der Waals surface area contributed by atoms with Crippen LogP contribution in [0.5, 0.6) is 0 Å². The summed E-state index contributed by atoms with van der Waals surface area (Å²) in [6, 6.07) is 13.3. The van der Waals surface area contributed by atoms with Gasteiger partial charge in [-0.05, 0) is 39.8 Å². The third-order valence-corrected chi connectivity index (χ3v) is 3.82. The summed E-state index contributed by atoms with van der Waals surface area (Å²) >= 11 is 0. The van der Waals surface area contributed by atoms with Crippen molar-refractivity contribution in [3.63, 3.8) is 0 Å². The molecular formula is C17H27N3. The molecule has 0 bridgehead atoms. The van der Waals surface area contributed by atoms with Crippen LogP contribution in [-0.2, 0) is 5.54 Å². The molecule has 3 heteroatoms. The second kappa shape index (κ2) is 7.42. The molecule has 1 aromatic carbocycles. The van der Waals surface area contributed by atoms with Crippen LogP contribution in [0.15, 0.2) is 30.3 Å². The topological polar surface area (TPSA) is 39.1 Å². The van der Waals surface area contributed by atoms with Crippen molar-refractivity contribution in [2.75, 3.05) is 13.6 Å². The molecule has 2 unspecified atom stereocenters. The van der Waals surface area contributed by atoms with Gasteiger partial charge in [-0.25, -0.2) is 0 Å². The molecule has 0 fully saturated rings. The van der Waals surface area contributed by atoms with Crippen molar-refractivity contribution >= 4 is 0 Å². The minimum absolute atomic E-state index is 0.250. The largest absolute Gasteiger partial charge is 0.300 e. The van der Waals surface area contributed by atoms with Crippen LogP contribution in [0.1, 0.15) is 39.7 Å². The van der Waals surface area contributed by atoms with Crippen LogP contribution in [0.25, 0.3) is 0 Å². The van der Waals surface area contributed by atoms with Crippen molar-refractivity contribution in [3.05, 3.63) is 35.9 Å². The summed E-state index contributed by atoms with van der Waals surface area (Å²) in [6.07, 6.45) is 1.08. The maximum absolute atomic E-state index is 9.84. The zero-order valence-corrected chi connectivity index (χ0v) is 13.4. The maximum atomic E-state index is 9.84. The second-order valence-electron chi connectivity index (χ2n) is 5.85. The van der Waals surface area contributed by atoms with Crippen molar-refractivity contribution in [1.29, 1.82) is 5.26 Å². The van der Waals surface area contributed by atoms with Gasteiger partial charge in [0.15, 0.2) is 0 Å². The SMILES string of the molecule is CCC(C)N(C)CC(C#N)(NC(C)C)c1ccccc1. The Kier molecular flexibility index (Phi) is 6.19. The number of rotatable bonds is 7. The van der Waals surface area contributed by atoms with E-state index in [-0.39, 0.29) is 6.04 Å². The fraction of sp³-hybridized carbons (Fsp3) is 0.588. The lowest BCUT2D eigenvalue weighted by Gasteiger charge is -2.36. The van der Waals surface area contributed by atoms with Gasteiger partial charge in [-0.3, -0.25) is 5.32 Å². The monoisotopic (exact) mass is 273 g/mol. The Morgan fingerprint density at radius 3 is 2.30 bits per heavy atom. The second-order valence-corrected chi connectivity index (χ2v) is 5.85. The minimum atomic E-state index is -0.659. The zero-order valence-electron chi connectivity index (χ0n) is 13.4. The highest BCUT2D eigenvalue weighted by molar-refractivity contribution is 5.32. The molecule has 20 heavy (non-hydrogen) atoms. The Hall–Kier alpha value is -1.37. The first kappa shape index (κ1) is 16.7. The Balaban J connectivity index is 3.10. The highest BCUT2D eigenvalue weighted by Crippen LogP contribution is 2.23. The maximum Gasteiger partial charge on any atom is 0.145 e. The van der Waals surface area contributed by atoms with Crippen molar-refractivity contribution in [2.45, 2.75) is 51.7 Å². The van der Waals surface area contributed by atoms with Gasteiger partial charge in [-0.1, -0.05) is 37.3 Å². The fourth-order valence-corrected chi connectivity index (χ4v) is 2.41. The van der Waals surface area contributed by atoms with Gasteiger partial charge in [0.25, 0.3) is 0 Å². The van der Waals surface area contributed by atoms with Crippen LogP contribution in [-0.4, -0.2) is 30.6 Å². The van der Waals surface area contributed by atoms with E-state index in [1.54, 1.807) is 0 Å². The molecule has 0 saturated heterocycles. The summed E-state index contributed by atoms with van der Waals surface area (Å²) in [5, 5.41) is 13.3. The molecule has 0 amide bonds. The molecule has 0 heterocycles. The van der Waals surface area contributed by atoms with E-state index >= 15 is 0 Å². The number of nitrogens with one attached hydrogen (secondary N) is 1. The van der Waals surface area contributed by atoms with Crippen molar-refractivity contribution in [1.82, 2.24) is 10.2 Å². The Morgan fingerprint density at radius 1 is 1.25 bits per heavy atom. The van der Waals surface area contributed by atoms with Gasteiger partial charge in [0.1, 0.15) is 5.54 Å². The van der Waals surface area contributed by atoms with E-state index in [1.807, 2.05) is 30.3 Å². The lowest BCUT2D eigenvalue weighted by Crippen LogP contribution is -2.53. The number of nitriles is 1. The number of hydrogen-bond acceptors (Lipinski definition) is 3. The van der Waals surface area contributed by atoms with Crippen LogP contribution in [0.3, 0.4) is 0 Å². The first-order valence-electron chi connectivity index (χ1n) is 7.40. The van der Waals surface area contributed by atoms with E-state index in [9.17, 15) is 5.26 Å². The molecule has 0 aliphatic rings. The summed E-state index contributed by atoms with van der Waals surface area (Å²) in [5.41, 5.74) is 0.375. The third kappa shape index (κ3) is 4.06. The number of likely N-dealkylation sites (N-methyl/N-ethyl adjacent to an activating group) is 1. The first-order valence-corrected chi connectivity index (χ1v) is 7.40. The molecule has 0 aromatic heterocycles. The quantitative estimate of drug-likeness (QED) is 0.829. The van der Waals surface area contributed by atoms with E-state index in [4.69, 9.17) is 0 Å². The highest BCUT2D eigenvalue weighted by atomic mass is 15.2. The van der Waals surface area contributed by atoms with Gasteiger partial charge in [0, 0.05) is 18.6 Å². The minimum Gasteiger partial charge on any atom is -0.300 e. The van der Waals surface area contributed by atoms with Gasteiger partial charge in [-0.2, -0.15) is 5.26 Å². The average molecular weight is 273 g/mol. The van der Waals surface area contributed by atoms with E-state index in [0.717, 1.165) is 12.0 Å². The van der Waals surface area contributed by atoms with Gasteiger partial charge < -0.3 is 4.90 Å². The van der Waals surface area contributed by atoms with Crippen molar-refractivity contribution < 1.29 is 0 Å². The normalized spacial score (nSPS) is 15.9. The molecule has 3 nitrogen and oxygen atoms in total. The Labute approximate surface area is 123 Å². The number of hydrogen-bond donors (Lipinski definition) is 1.